The predicted molar refractivity (Wildman–Crippen MR) is 103 cm³/mol. The summed E-state index contributed by atoms with van der Waals surface area (Å²) < 4.78 is 16.4. The number of hydrogen-bond acceptors (Lipinski definition) is 4. The van der Waals surface area contributed by atoms with Crippen molar-refractivity contribution in [3.05, 3.63) is 47.5 Å². The van der Waals surface area contributed by atoms with Gasteiger partial charge in [-0.1, -0.05) is 26.0 Å². The van der Waals surface area contributed by atoms with Gasteiger partial charge in [-0.15, -0.1) is 0 Å². The Bertz CT molecular complexity index is 1030. The Hall–Kier alpha value is -2.88. The molecule has 3 aromatic rings. The topological polar surface area (TPSA) is 47.9 Å². The summed E-state index contributed by atoms with van der Waals surface area (Å²) in [5.41, 5.74) is 3.88. The van der Waals surface area contributed by atoms with Crippen LogP contribution >= 0.6 is 0 Å². The third-order valence-corrected chi connectivity index (χ3v) is 5.43. The molecule has 1 aliphatic rings. The van der Waals surface area contributed by atoms with E-state index in [9.17, 15) is 5.11 Å². The zero-order valence-electron chi connectivity index (χ0n) is 15.6. The van der Waals surface area contributed by atoms with Crippen molar-refractivity contribution in [3.63, 3.8) is 0 Å². The molecule has 0 unspecified atom stereocenters. The lowest BCUT2D eigenvalue weighted by molar-refractivity contribution is 0.358. The van der Waals surface area contributed by atoms with Crippen molar-refractivity contribution in [2.75, 3.05) is 21.3 Å². The fourth-order valence-electron chi connectivity index (χ4n) is 4.23. The van der Waals surface area contributed by atoms with Crippen LogP contribution in [0.1, 0.15) is 25.0 Å². The zero-order valence-corrected chi connectivity index (χ0v) is 15.6. The van der Waals surface area contributed by atoms with Gasteiger partial charge >= 0.3 is 0 Å². The van der Waals surface area contributed by atoms with Crippen LogP contribution in [0.3, 0.4) is 0 Å². The van der Waals surface area contributed by atoms with Crippen LogP contribution in [0.5, 0.6) is 23.0 Å². The second kappa shape index (κ2) is 5.56. The molecule has 4 rings (SSSR count). The molecule has 26 heavy (non-hydrogen) atoms. The minimum Gasteiger partial charge on any atom is -0.507 e. The molecule has 1 N–H and O–H groups in total. The van der Waals surface area contributed by atoms with E-state index in [2.05, 4.69) is 19.9 Å². The zero-order chi connectivity index (χ0) is 18.6. The number of phenols is 1. The van der Waals surface area contributed by atoms with Crippen molar-refractivity contribution in [1.82, 2.24) is 0 Å². The Balaban J connectivity index is 2.13. The molecule has 0 spiro atoms. The molecule has 0 heterocycles. The summed E-state index contributed by atoms with van der Waals surface area (Å²) >= 11 is 0. The van der Waals surface area contributed by atoms with Crippen LogP contribution in [-0.4, -0.2) is 26.4 Å². The highest BCUT2D eigenvalue weighted by Gasteiger charge is 2.39. The van der Waals surface area contributed by atoms with Gasteiger partial charge in [0.05, 0.1) is 21.3 Å². The summed E-state index contributed by atoms with van der Waals surface area (Å²) in [4.78, 5) is 0. The molecule has 0 saturated heterocycles. The molecule has 0 aliphatic heterocycles. The minimum atomic E-state index is -0.282. The number of ether oxygens (including phenoxy) is 3. The van der Waals surface area contributed by atoms with E-state index in [1.165, 1.54) is 0 Å². The molecule has 0 aromatic heterocycles. The van der Waals surface area contributed by atoms with Gasteiger partial charge < -0.3 is 19.3 Å². The summed E-state index contributed by atoms with van der Waals surface area (Å²) in [6.45, 7) is 4.35. The monoisotopic (exact) mass is 350 g/mol. The van der Waals surface area contributed by atoms with Crippen LogP contribution in [0, 0.1) is 0 Å². The first-order chi connectivity index (χ1) is 12.4. The van der Waals surface area contributed by atoms with Gasteiger partial charge in [0.25, 0.3) is 0 Å². The number of benzene rings is 3. The molecule has 0 fully saturated rings. The highest BCUT2D eigenvalue weighted by atomic mass is 16.5. The Morgan fingerprint density at radius 1 is 0.846 bits per heavy atom. The normalized spacial score (nSPS) is 14.0. The Kier molecular flexibility index (Phi) is 3.55. The molecule has 0 amide bonds. The largest absolute Gasteiger partial charge is 0.507 e. The van der Waals surface area contributed by atoms with Crippen LogP contribution < -0.4 is 14.2 Å². The van der Waals surface area contributed by atoms with E-state index in [1.54, 1.807) is 27.4 Å². The summed E-state index contributed by atoms with van der Waals surface area (Å²) in [5.74, 6) is 2.34. The summed E-state index contributed by atoms with van der Waals surface area (Å²) in [6, 6.07) is 11.7. The fraction of sp³-hybridized carbons (Fsp3) is 0.273. The number of hydrogen-bond donors (Lipinski definition) is 1. The average Bonchev–Trinajstić information content (AvgIpc) is 2.88. The highest BCUT2D eigenvalue weighted by molar-refractivity contribution is 6.03. The van der Waals surface area contributed by atoms with Gasteiger partial charge in [-0.25, -0.2) is 0 Å². The maximum atomic E-state index is 10.9. The first-order valence-electron chi connectivity index (χ1n) is 8.54. The molecule has 4 nitrogen and oxygen atoms in total. The molecule has 134 valence electrons. The molecule has 1 aliphatic carbocycles. The second-order valence-electron chi connectivity index (χ2n) is 7.08. The average molecular weight is 350 g/mol. The van der Waals surface area contributed by atoms with Gasteiger partial charge in [0, 0.05) is 16.4 Å². The van der Waals surface area contributed by atoms with Gasteiger partial charge in [-0.05, 0) is 46.3 Å². The van der Waals surface area contributed by atoms with Gasteiger partial charge in [-0.2, -0.15) is 0 Å². The van der Waals surface area contributed by atoms with Crippen molar-refractivity contribution < 1.29 is 19.3 Å². The van der Waals surface area contributed by atoms with Crippen molar-refractivity contribution >= 4 is 10.8 Å². The Morgan fingerprint density at radius 2 is 1.62 bits per heavy atom. The third kappa shape index (κ3) is 2.02. The molecular formula is C22H22O4. The van der Waals surface area contributed by atoms with Crippen molar-refractivity contribution in [3.8, 4) is 34.1 Å². The molecule has 0 atom stereocenters. The molecule has 0 bridgehead atoms. The van der Waals surface area contributed by atoms with Crippen LogP contribution in [0.4, 0.5) is 0 Å². The highest BCUT2D eigenvalue weighted by Crippen LogP contribution is 2.56. The van der Waals surface area contributed by atoms with Crippen LogP contribution in [-0.2, 0) is 5.41 Å². The van der Waals surface area contributed by atoms with Crippen molar-refractivity contribution in [2.45, 2.75) is 19.3 Å². The molecule has 0 radical (unpaired) electrons. The summed E-state index contributed by atoms with van der Waals surface area (Å²) in [7, 11) is 4.90. The number of methoxy groups -OCH3 is 3. The second-order valence-corrected chi connectivity index (χ2v) is 7.08. The van der Waals surface area contributed by atoms with E-state index in [0.29, 0.717) is 11.5 Å². The maximum Gasteiger partial charge on any atom is 0.168 e. The van der Waals surface area contributed by atoms with E-state index in [0.717, 1.165) is 38.8 Å². The van der Waals surface area contributed by atoms with Gasteiger partial charge in [0.1, 0.15) is 11.5 Å². The van der Waals surface area contributed by atoms with Gasteiger partial charge in [0.15, 0.2) is 11.5 Å². The molecule has 4 heteroatoms. The summed E-state index contributed by atoms with van der Waals surface area (Å²) in [5, 5.41) is 12.8. The standard InChI is InChI=1S/C22H22O4/c1-22(2)16-10-12(24-3)6-7-14(16)19-17(23)11-15-13(20(19)22)8-9-18(25-4)21(15)26-5/h6-11,23H,1-5H3. The first kappa shape index (κ1) is 16.6. The van der Waals surface area contributed by atoms with Crippen LogP contribution in [0.25, 0.3) is 21.9 Å². The minimum absolute atomic E-state index is 0.246. The predicted octanol–water partition coefficient (Wildman–Crippen LogP) is 4.88. The number of fused-ring (bicyclic) bond motifs is 5. The maximum absolute atomic E-state index is 10.9. The van der Waals surface area contributed by atoms with Gasteiger partial charge in [-0.3, -0.25) is 0 Å². The first-order valence-corrected chi connectivity index (χ1v) is 8.54. The van der Waals surface area contributed by atoms with E-state index < -0.39 is 0 Å². The number of rotatable bonds is 3. The lowest BCUT2D eigenvalue weighted by Gasteiger charge is -2.24. The van der Waals surface area contributed by atoms with E-state index in [1.807, 2.05) is 24.3 Å². The van der Waals surface area contributed by atoms with E-state index >= 15 is 0 Å². The Morgan fingerprint density at radius 3 is 2.27 bits per heavy atom. The Labute approximate surface area is 152 Å². The molecular weight excluding hydrogens is 328 g/mol. The third-order valence-electron chi connectivity index (χ3n) is 5.43. The number of phenolic OH excluding ortho intramolecular Hbond substituents is 1. The van der Waals surface area contributed by atoms with E-state index in [-0.39, 0.29) is 11.2 Å². The summed E-state index contributed by atoms with van der Waals surface area (Å²) in [6.07, 6.45) is 0. The lowest BCUT2D eigenvalue weighted by atomic mass is 9.80. The van der Waals surface area contributed by atoms with Crippen LogP contribution in [0.15, 0.2) is 36.4 Å². The quantitative estimate of drug-likeness (QED) is 0.731. The van der Waals surface area contributed by atoms with E-state index in [4.69, 9.17) is 14.2 Å². The fourth-order valence-corrected chi connectivity index (χ4v) is 4.23. The smallest absolute Gasteiger partial charge is 0.168 e. The van der Waals surface area contributed by atoms with Crippen LogP contribution in [0.2, 0.25) is 0 Å². The molecule has 3 aromatic carbocycles. The van der Waals surface area contributed by atoms with Crippen molar-refractivity contribution in [2.24, 2.45) is 0 Å². The van der Waals surface area contributed by atoms with Gasteiger partial charge in [0.2, 0.25) is 0 Å². The number of aromatic hydroxyl groups is 1. The lowest BCUT2D eigenvalue weighted by Crippen LogP contribution is -2.15. The SMILES string of the molecule is COc1ccc2c(c1)C(C)(C)c1c-2c(O)cc2c(OC)c(OC)ccc12. The van der Waals surface area contributed by atoms with Crippen molar-refractivity contribution in [1.29, 1.82) is 0 Å². The molecule has 0 saturated carbocycles.